The van der Waals surface area contributed by atoms with Crippen LogP contribution in [0.3, 0.4) is 0 Å². The minimum Gasteiger partial charge on any atom is -0.394 e. The molecule has 0 spiro atoms. The van der Waals surface area contributed by atoms with E-state index in [1.807, 2.05) is 0 Å². The summed E-state index contributed by atoms with van der Waals surface area (Å²) in [6.07, 6.45) is -3.41. The third kappa shape index (κ3) is 2.46. The molecule has 2 rings (SSSR count). The Morgan fingerprint density at radius 1 is 1.42 bits per heavy atom. The molecule has 9 nitrogen and oxygen atoms in total. The smallest absolute Gasteiger partial charge is 0.351 e. The molecule has 1 aliphatic rings. The second-order valence-corrected chi connectivity index (χ2v) is 4.35. The van der Waals surface area contributed by atoms with Crippen molar-refractivity contribution in [3.8, 4) is 0 Å². The van der Waals surface area contributed by atoms with Crippen molar-refractivity contribution < 1.29 is 20.1 Å². The van der Waals surface area contributed by atoms with Crippen LogP contribution >= 0.6 is 0 Å². The molecule has 0 bridgehead atoms. The minimum atomic E-state index is -1.33. The summed E-state index contributed by atoms with van der Waals surface area (Å²) in [5.74, 6) is 0.0462. The molecule has 0 aromatic carbocycles. The molecule has 1 aromatic rings. The third-order valence-corrected chi connectivity index (χ3v) is 3.07. The van der Waals surface area contributed by atoms with Gasteiger partial charge in [0.25, 0.3) is 0 Å². The Morgan fingerprint density at radius 3 is 2.68 bits per heavy atom. The van der Waals surface area contributed by atoms with E-state index in [9.17, 15) is 15.0 Å². The van der Waals surface area contributed by atoms with Crippen LogP contribution in [0.15, 0.2) is 17.1 Å². The number of aliphatic hydroxyl groups excluding tert-OH is 3. The van der Waals surface area contributed by atoms with Crippen LogP contribution in [0.2, 0.25) is 0 Å². The molecule has 0 unspecified atom stereocenters. The Kier molecular flexibility index (Phi) is 3.83. The van der Waals surface area contributed by atoms with Crippen molar-refractivity contribution in [2.24, 2.45) is 5.73 Å². The molecule has 19 heavy (non-hydrogen) atoms. The number of ether oxygens (including phenoxy) is 1. The van der Waals surface area contributed by atoms with Crippen molar-refractivity contribution in [2.45, 2.75) is 30.6 Å². The number of hydrogen-bond acceptors (Lipinski definition) is 8. The monoisotopic (exact) mass is 272 g/mol. The highest BCUT2D eigenvalue weighted by Gasteiger charge is 2.43. The number of hydrogen-bond donors (Lipinski definition) is 5. The van der Waals surface area contributed by atoms with Gasteiger partial charge in [-0.05, 0) is 6.07 Å². The number of nitrogens with two attached hydrogens (primary N) is 2. The first-order valence-electron chi connectivity index (χ1n) is 5.68. The predicted octanol–water partition coefficient (Wildman–Crippen LogP) is -3.24. The van der Waals surface area contributed by atoms with Gasteiger partial charge < -0.3 is 31.5 Å². The van der Waals surface area contributed by atoms with Crippen LogP contribution in [0.1, 0.15) is 6.23 Å². The lowest BCUT2D eigenvalue weighted by molar-refractivity contribution is -0.211. The standard InChI is InChI=1S/C10H16N4O5/c11-5-1-2-14(10(18)13-5)9-6(12)8(17)7(16)4(3-15)19-9/h1-2,4,6-9,15-17H,3,12H2,(H2,11,13,18)/t4-,6-,7-,8-,9-/m1/s1. The zero-order valence-corrected chi connectivity index (χ0v) is 9.96. The summed E-state index contributed by atoms with van der Waals surface area (Å²) in [7, 11) is 0. The maximum Gasteiger partial charge on any atom is 0.351 e. The van der Waals surface area contributed by atoms with E-state index < -0.39 is 42.9 Å². The maximum absolute atomic E-state index is 11.7. The van der Waals surface area contributed by atoms with Gasteiger partial charge in [-0.3, -0.25) is 4.57 Å². The largest absolute Gasteiger partial charge is 0.394 e. The fourth-order valence-electron chi connectivity index (χ4n) is 1.99. The van der Waals surface area contributed by atoms with Crippen molar-refractivity contribution >= 4 is 5.82 Å². The highest BCUT2D eigenvalue weighted by atomic mass is 16.5. The predicted molar refractivity (Wildman–Crippen MR) is 63.9 cm³/mol. The van der Waals surface area contributed by atoms with Crippen molar-refractivity contribution in [2.75, 3.05) is 12.3 Å². The molecule has 5 atom stereocenters. The van der Waals surface area contributed by atoms with E-state index in [1.165, 1.54) is 12.3 Å². The summed E-state index contributed by atoms with van der Waals surface area (Å²) < 4.78 is 6.39. The highest BCUT2D eigenvalue weighted by molar-refractivity contribution is 5.23. The quantitative estimate of drug-likeness (QED) is 0.376. The van der Waals surface area contributed by atoms with E-state index in [2.05, 4.69) is 4.98 Å². The molecule has 0 aliphatic carbocycles. The minimum absolute atomic E-state index is 0.0462. The van der Waals surface area contributed by atoms with Crippen LogP contribution in [-0.2, 0) is 4.74 Å². The first-order chi connectivity index (χ1) is 8.95. The lowest BCUT2D eigenvalue weighted by Gasteiger charge is -2.41. The molecule has 1 aromatic heterocycles. The van der Waals surface area contributed by atoms with Gasteiger partial charge in [-0.2, -0.15) is 4.98 Å². The van der Waals surface area contributed by atoms with Crippen LogP contribution in [0.5, 0.6) is 0 Å². The fraction of sp³-hybridized carbons (Fsp3) is 0.600. The highest BCUT2D eigenvalue weighted by Crippen LogP contribution is 2.25. The van der Waals surface area contributed by atoms with Gasteiger partial charge >= 0.3 is 5.69 Å². The summed E-state index contributed by atoms with van der Waals surface area (Å²) in [6.45, 7) is -0.515. The molecular formula is C10H16N4O5. The van der Waals surface area contributed by atoms with Crippen LogP contribution < -0.4 is 17.2 Å². The molecule has 0 amide bonds. The number of anilines is 1. The van der Waals surface area contributed by atoms with Crippen LogP contribution in [-0.4, -0.2) is 55.8 Å². The molecule has 9 heteroatoms. The molecule has 2 heterocycles. The van der Waals surface area contributed by atoms with Crippen LogP contribution in [0.4, 0.5) is 5.82 Å². The van der Waals surface area contributed by atoms with E-state index >= 15 is 0 Å². The Labute approximate surface area is 108 Å². The summed E-state index contributed by atoms with van der Waals surface area (Å²) in [6, 6.07) is 0.337. The molecule has 0 radical (unpaired) electrons. The average molecular weight is 272 g/mol. The van der Waals surface area contributed by atoms with Crippen LogP contribution in [0, 0.1) is 0 Å². The molecule has 106 valence electrons. The maximum atomic E-state index is 11.7. The first kappa shape index (κ1) is 13.9. The summed E-state index contributed by atoms with van der Waals surface area (Å²) in [5, 5.41) is 28.5. The molecule has 0 saturated carbocycles. The van der Waals surface area contributed by atoms with E-state index in [1.54, 1.807) is 0 Å². The normalized spacial score (nSPS) is 35.3. The Bertz CT molecular complexity index is 505. The number of aromatic nitrogens is 2. The zero-order chi connectivity index (χ0) is 14.2. The van der Waals surface area contributed by atoms with Crippen molar-refractivity contribution in [1.82, 2.24) is 9.55 Å². The van der Waals surface area contributed by atoms with E-state index in [-0.39, 0.29) is 5.82 Å². The van der Waals surface area contributed by atoms with Crippen molar-refractivity contribution in [3.63, 3.8) is 0 Å². The summed E-state index contributed by atoms with van der Waals surface area (Å²) in [5.41, 5.74) is 10.4. The van der Waals surface area contributed by atoms with Crippen molar-refractivity contribution in [3.05, 3.63) is 22.7 Å². The number of rotatable bonds is 2. The van der Waals surface area contributed by atoms with E-state index in [0.717, 1.165) is 4.57 Å². The molecule has 1 fully saturated rings. The van der Waals surface area contributed by atoms with Gasteiger partial charge in [0.2, 0.25) is 0 Å². The molecular weight excluding hydrogens is 256 g/mol. The van der Waals surface area contributed by atoms with Crippen molar-refractivity contribution in [1.29, 1.82) is 0 Å². The second kappa shape index (κ2) is 5.23. The van der Waals surface area contributed by atoms with Gasteiger partial charge in [0.15, 0.2) is 6.23 Å². The number of nitrogen functional groups attached to an aromatic ring is 1. The zero-order valence-electron chi connectivity index (χ0n) is 9.96. The number of nitrogens with zero attached hydrogens (tertiary/aromatic N) is 2. The SMILES string of the molecule is Nc1ccn([C@@H]2O[C@H](CO)[C@@H](O)[C@H](O)[C@H]2N)c(=O)n1. The van der Waals surface area contributed by atoms with Gasteiger partial charge in [-0.25, -0.2) is 4.79 Å². The number of aliphatic hydroxyl groups is 3. The van der Waals surface area contributed by atoms with E-state index in [0.29, 0.717) is 0 Å². The summed E-state index contributed by atoms with van der Waals surface area (Å²) >= 11 is 0. The second-order valence-electron chi connectivity index (χ2n) is 4.35. The van der Waals surface area contributed by atoms with Gasteiger partial charge in [-0.1, -0.05) is 0 Å². The van der Waals surface area contributed by atoms with E-state index in [4.69, 9.17) is 21.3 Å². The topological polar surface area (TPSA) is 157 Å². The Hall–Kier alpha value is -1.52. The average Bonchev–Trinajstić information content (AvgIpc) is 2.38. The third-order valence-electron chi connectivity index (χ3n) is 3.07. The van der Waals surface area contributed by atoms with Gasteiger partial charge in [-0.15, -0.1) is 0 Å². The Balaban J connectivity index is 2.35. The lowest BCUT2D eigenvalue weighted by Crippen LogP contribution is -2.60. The Morgan fingerprint density at radius 2 is 2.11 bits per heavy atom. The van der Waals surface area contributed by atoms with Gasteiger partial charge in [0.05, 0.1) is 12.6 Å². The molecule has 1 aliphatic heterocycles. The first-order valence-corrected chi connectivity index (χ1v) is 5.68. The van der Waals surface area contributed by atoms with Crippen LogP contribution in [0.25, 0.3) is 0 Å². The summed E-state index contributed by atoms with van der Waals surface area (Å²) in [4.78, 5) is 15.2. The van der Waals surface area contributed by atoms with Gasteiger partial charge in [0.1, 0.15) is 24.1 Å². The lowest BCUT2D eigenvalue weighted by atomic mass is 9.97. The molecule has 1 saturated heterocycles. The molecule has 7 N–H and O–H groups in total. The van der Waals surface area contributed by atoms with Gasteiger partial charge in [0, 0.05) is 6.20 Å². The fourth-order valence-corrected chi connectivity index (χ4v) is 1.99.